The molecule has 0 amide bonds. The maximum Gasteiger partial charge on any atom is 0.425 e. The van der Waals surface area contributed by atoms with Gasteiger partial charge in [0.1, 0.15) is 0 Å². The first-order valence-electron chi connectivity index (χ1n) is 11.3. The van der Waals surface area contributed by atoms with E-state index in [9.17, 15) is 48.2 Å². The first-order valence-corrected chi connectivity index (χ1v) is 12.9. The van der Waals surface area contributed by atoms with E-state index in [4.69, 9.17) is 0 Å². The summed E-state index contributed by atoms with van der Waals surface area (Å²) in [6, 6.07) is 13.1. The van der Waals surface area contributed by atoms with E-state index >= 15 is 0 Å². The van der Waals surface area contributed by atoms with Crippen LogP contribution >= 0.6 is 31.9 Å². The molecule has 41 heavy (non-hydrogen) atoms. The van der Waals surface area contributed by atoms with Crippen molar-refractivity contribution in [2.24, 2.45) is 0 Å². The van der Waals surface area contributed by atoms with Crippen LogP contribution in [0.1, 0.15) is 25.0 Å². The van der Waals surface area contributed by atoms with Crippen LogP contribution in [-0.2, 0) is 5.41 Å². The third-order valence-electron chi connectivity index (χ3n) is 6.59. The Morgan fingerprint density at radius 1 is 0.488 bits per heavy atom. The predicted octanol–water partition coefficient (Wildman–Crippen LogP) is 8.67. The van der Waals surface area contributed by atoms with Crippen LogP contribution < -0.4 is 10.9 Å². The van der Waals surface area contributed by atoms with Crippen LogP contribution in [0.2, 0.25) is 0 Å². The molecule has 4 aromatic rings. The summed E-state index contributed by atoms with van der Waals surface area (Å²) in [6.45, 7) is 0.720. The standard InChI is InChI=1S/C15H12Br2.C12BF11/c1-15(2)13-5-3-9(16)7-11(13)12-8-10(17)4-6-14(12)15;14-3-1(4(15)8(19)11(22)7(3)18)13(24)2-5(16)9(20)12(23)10(21)6(2)17/h3-8H,1-2H3;. The highest BCUT2D eigenvalue weighted by Gasteiger charge is 2.41. The molecule has 0 saturated carbocycles. The zero-order chi connectivity index (χ0) is 30.7. The Hall–Kier alpha value is -2.87. The summed E-state index contributed by atoms with van der Waals surface area (Å²) in [7, 11) is 0. The van der Waals surface area contributed by atoms with Gasteiger partial charge in [-0.15, -0.1) is 0 Å². The molecule has 0 heterocycles. The van der Waals surface area contributed by atoms with E-state index in [0.29, 0.717) is 0 Å². The average molecular weight is 716 g/mol. The molecule has 0 radical (unpaired) electrons. The summed E-state index contributed by atoms with van der Waals surface area (Å²) in [4.78, 5) is 0. The van der Waals surface area contributed by atoms with Crippen LogP contribution in [0.25, 0.3) is 11.1 Å². The van der Waals surface area contributed by atoms with Gasteiger partial charge in [0.05, 0.1) is 0 Å². The summed E-state index contributed by atoms with van der Waals surface area (Å²) in [5.41, 5.74) is 0.833. The maximum absolute atomic E-state index is 14.0. The van der Waals surface area contributed by atoms with E-state index in [1.54, 1.807) is 0 Å². The van der Waals surface area contributed by atoms with E-state index < -0.39 is 76.1 Å². The molecular formula is C27H12BBr2F11. The number of benzene rings is 4. The topological polar surface area (TPSA) is 0 Å². The van der Waals surface area contributed by atoms with E-state index in [0.717, 1.165) is 8.95 Å². The highest BCUT2D eigenvalue weighted by atomic mass is 79.9. The quantitative estimate of drug-likeness (QED) is 0.0844. The maximum atomic E-state index is 14.0. The van der Waals surface area contributed by atoms with Gasteiger partial charge in [-0.1, -0.05) is 57.8 Å². The Kier molecular flexibility index (Phi) is 8.40. The molecule has 214 valence electrons. The smallest absolute Gasteiger partial charge is 0.322 e. The first-order chi connectivity index (χ1) is 19.0. The Bertz CT molecular complexity index is 1540. The zero-order valence-electron chi connectivity index (χ0n) is 20.5. The lowest BCUT2D eigenvalue weighted by Crippen LogP contribution is -2.48. The molecule has 0 fully saturated rings. The number of hydrogen-bond donors (Lipinski definition) is 0. The van der Waals surface area contributed by atoms with Crippen LogP contribution in [0.3, 0.4) is 0 Å². The van der Waals surface area contributed by atoms with Gasteiger partial charge < -0.3 is 4.32 Å². The normalized spacial score (nSPS) is 13.0. The number of hydrogen-bond acceptors (Lipinski definition) is 0. The molecule has 0 saturated heterocycles. The number of rotatable bonds is 2. The fraction of sp³-hybridized carbons (Fsp3) is 0.111. The van der Waals surface area contributed by atoms with E-state index in [-0.39, 0.29) is 5.41 Å². The molecule has 0 aliphatic heterocycles. The van der Waals surface area contributed by atoms with Gasteiger partial charge in [-0.3, -0.25) is 0 Å². The van der Waals surface area contributed by atoms with Crippen LogP contribution in [0, 0.1) is 58.2 Å². The van der Waals surface area contributed by atoms with E-state index in [2.05, 4.69) is 82.1 Å². The Morgan fingerprint density at radius 3 is 1.05 bits per heavy atom. The fourth-order valence-corrected chi connectivity index (χ4v) is 5.27. The number of halogens is 13. The highest BCUT2D eigenvalue weighted by Crippen LogP contribution is 2.49. The van der Waals surface area contributed by atoms with Crippen molar-refractivity contribution in [2.45, 2.75) is 19.3 Å². The van der Waals surface area contributed by atoms with Gasteiger partial charge in [-0.25, -0.2) is 43.9 Å². The fourth-order valence-electron chi connectivity index (χ4n) is 4.55. The summed E-state index contributed by atoms with van der Waals surface area (Å²) < 4.78 is 148. The van der Waals surface area contributed by atoms with Gasteiger partial charge >= 0.3 is 6.99 Å². The minimum atomic E-state index is -3.86. The second kappa shape index (κ2) is 11.1. The molecule has 4 aromatic carbocycles. The van der Waals surface area contributed by atoms with Crippen molar-refractivity contribution < 1.29 is 48.2 Å². The molecule has 0 aromatic heterocycles. The molecule has 0 nitrogen and oxygen atoms in total. The van der Waals surface area contributed by atoms with Crippen LogP contribution in [0.5, 0.6) is 0 Å². The molecule has 1 aliphatic carbocycles. The third kappa shape index (κ3) is 5.07. The van der Waals surface area contributed by atoms with Crippen LogP contribution in [0.15, 0.2) is 45.3 Å². The van der Waals surface area contributed by atoms with Crippen LogP contribution in [-0.4, -0.2) is 6.99 Å². The predicted molar refractivity (Wildman–Crippen MR) is 138 cm³/mol. The SMILES string of the molecule is CC1(C)c2ccc(Br)cc2-c2cc(Br)ccc21.FB(c1c(F)c(F)c(F)c(F)c1F)c1c(F)c(F)c(F)c(F)c1F. The second-order valence-electron chi connectivity index (χ2n) is 9.33. The lowest BCUT2D eigenvalue weighted by Gasteiger charge is -2.21. The van der Waals surface area contributed by atoms with Crippen molar-refractivity contribution >= 4 is 49.8 Å². The third-order valence-corrected chi connectivity index (χ3v) is 7.58. The summed E-state index contributed by atoms with van der Waals surface area (Å²) in [5.74, 6) is -27.3. The van der Waals surface area contributed by atoms with E-state index in [1.165, 1.54) is 22.3 Å². The molecule has 0 atom stereocenters. The van der Waals surface area contributed by atoms with Gasteiger partial charge in [0.25, 0.3) is 0 Å². The highest BCUT2D eigenvalue weighted by molar-refractivity contribution is 9.10. The first kappa shape index (κ1) is 31.1. The monoisotopic (exact) mass is 714 g/mol. The van der Waals surface area contributed by atoms with Crippen molar-refractivity contribution in [3.05, 3.63) is 115 Å². The molecule has 5 rings (SSSR count). The second-order valence-corrected chi connectivity index (χ2v) is 11.2. The molecule has 1 aliphatic rings. The number of fused-ring (bicyclic) bond motifs is 3. The lowest BCUT2D eigenvalue weighted by atomic mass is 9.57. The Balaban J connectivity index is 0.000000199. The van der Waals surface area contributed by atoms with Crippen molar-refractivity contribution in [1.82, 2.24) is 0 Å². The Morgan fingerprint density at radius 2 is 0.756 bits per heavy atom. The summed E-state index contributed by atoms with van der Waals surface area (Å²) >= 11 is 7.12. The van der Waals surface area contributed by atoms with Gasteiger partial charge in [0.2, 0.25) is 0 Å². The van der Waals surface area contributed by atoms with Gasteiger partial charge in [-0.05, 0) is 46.5 Å². The van der Waals surface area contributed by atoms with Gasteiger partial charge in [0.15, 0.2) is 58.2 Å². The molecular weight excluding hydrogens is 704 g/mol. The molecule has 14 heteroatoms. The largest absolute Gasteiger partial charge is 0.425 e. The summed E-state index contributed by atoms with van der Waals surface area (Å²) in [6.07, 6.45) is 0. The molecule has 0 bridgehead atoms. The average Bonchev–Trinajstić information content (AvgIpc) is 3.14. The van der Waals surface area contributed by atoms with Gasteiger partial charge in [0, 0.05) is 25.3 Å². The zero-order valence-corrected chi connectivity index (χ0v) is 23.6. The van der Waals surface area contributed by atoms with Crippen molar-refractivity contribution in [1.29, 1.82) is 0 Å². The van der Waals surface area contributed by atoms with Crippen molar-refractivity contribution in [2.75, 3.05) is 0 Å². The van der Waals surface area contributed by atoms with Crippen molar-refractivity contribution in [3.8, 4) is 11.1 Å². The van der Waals surface area contributed by atoms with E-state index in [1.807, 2.05) is 0 Å². The Labute approximate surface area is 242 Å². The lowest BCUT2D eigenvalue weighted by molar-refractivity contribution is 0.381. The minimum absolute atomic E-state index is 0.103. The van der Waals surface area contributed by atoms with Crippen LogP contribution in [0.4, 0.5) is 48.2 Å². The molecule has 0 unspecified atom stereocenters. The molecule has 0 spiro atoms. The molecule has 0 N–H and O–H groups in total. The minimum Gasteiger partial charge on any atom is -0.322 e. The van der Waals surface area contributed by atoms with Crippen molar-refractivity contribution in [3.63, 3.8) is 0 Å². The summed E-state index contributed by atoms with van der Waals surface area (Å²) in [5, 5.41) is 0. The van der Waals surface area contributed by atoms with Gasteiger partial charge in [-0.2, -0.15) is 0 Å².